The first-order chi connectivity index (χ1) is 13.5. The summed E-state index contributed by atoms with van der Waals surface area (Å²) < 4.78 is 2.11. The molecule has 0 bridgehead atoms. The molecule has 28 heavy (non-hydrogen) atoms. The zero-order valence-electron chi connectivity index (χ0n) is 16.5. The molecular weight excluding hydrogens is 372 g/mol. The van der Waals surface area contributed by atoms with Gasteiger partial charge in [0.25, 0.3) is 0 Å². The zero-order chi connectivity index (χ0) is 19.8. The second-order valence-electron chi connectivity index (χ2n) is 7.41. The first-order valence-corrected chi connectivity index (χ1v) is 10.3. The van der Waals surface area contributed by atoms with Crippen molar-refractivity contribution in [2.24, 2.45) is 5.92 Å². The number of anilines is 2. The lowest BCUT2D eigenvalue weighted by Gasteiger charge is -2.15. The minimum Gasteiger partial charge on any atom is -0.373 e. The molecule has 0 aliphatic heterocycles. The fourth-order valence-electron chi connectivity index (χ4n) is 3.54. The van der Waals surface area contributed by atoms with Crippen LogP contribution in [-0.2, 0) is 24.2 Å². The maximum absolute atomic E-state index is 11.5. The Morgan fingerprint density at radius 2 is 2.14 bits per heavy atom. The average Bonchev–Trinajstić information content (AvgIpc) is 3.21. The number of amides is 1. The second-order valence-corrected chi connectivity index (χ2v) is 8.41. The molecule has 3 aromatic heterocycles. The molecule has 0 saturated carbocycles. The predicted octanol–water partition coefficient (Wildman–Crippen LogP) is 3.82. The number of aryl methyl sites for hydroxylation is 1. The Balaban J connectivity index is 1.84. The number of nitrogens with zero attached hydrogens (tertiary/aromatic N) is 4. The number of fused-ring (bicyclic) bond motifs is 3. The van der Waals surface area contributed by atoms with Gasteiger partial charge in [-0.25, -0.2) is 9.97 Å². The lowest BCUT2D eigenvalue weighted by Crippen LogP contribution is -2.10. The van der Waals surface area contributed by atoms with Crippen LogP contribution in [0, 0.1) is 5.92 Å². The Morgan fingerprint density at radius 3 is 2.79 bits per heavy atom. The molecule has 1 aliphatic carbocycles. The molecule has 3 heterocycles. The number of nitrogens with one attached hydrogen (secondary N) is 2. The molecule has 0 unspecified atom stereocenters. The first kappa shape index (κ1) is 18.6. The van der Waals surface area contributed by atoms with Crippen molar-refractivity contribution >= 4 is 28.2 Å². The fourth-order valence-corrected chi connectivity index (χ4v) is 4.67. The standard InChI is InChI=1S/C20H24N6OS/c1-11(2)10-26-18-14(17(25-26)13-5-8-16(21-4)22-9-13)6-7-15-19(18)28-20(24-15)23-12(3)27/h5,8-9,11H,6-7,10H2,1-4H3,(H,21,22)(H,23,24,27). The van der Waals surface area contributed by atoms with Gasteiger partial charge in [0.2, 0.25) is 5.91 Å². The van der Waals surface area contributed by atoms with E-state index in [1.807, 2.05) is 19.3 Å². The monoisotopic (exact) mass is 396 g/mol. The molecule has 0 atom stereocenters. The van der Waals surface area contributed by atoms with Crippen LogP contribution < -0.4 is 10.6 Å². The smallest absolute Gasteiger partial charge is 0.223 e. The molecular formula is C20H24N6OS. The molecule has 4 rings (SSSR count). The summed E-state index contributed by atoms with van der Waals surface area (Å²) in [5.74, 6) is 1.21. The van der Waals surface area contributed by atoms with Gasteiger partial charge in [-0.05, 0) is 30.9 Å². The van der Waals surface area contributed by atoms with Gasteiger partial charge in [0.1, 0.15) is 5.82 Å². The van der Waals surface area contributed by atoms with E-state index in [1.54, 1.807) is 0 Å². The highest BCUT2D eigenvalue weighted by molar-refractivity contribution is 7.19. The van der Waals surface area contributed by atoms with Gasteiger partial charge in [0.05, 0.1) is 22.0 Å². The number of carbonyl (C=O) groups is 1. The topological polar surface area (TPSA) is 84.7 Å². The largest absolute Gasteiger partial charge is 0.373 e. The summed E-state index contributed by atoms with van der Waals surface area (Å²) in [4.78, 5) is 21.7. The van der Waals surface area contributed by atoms with Crippen LogP contribution in [0.25, 0.3) is 21.8 Å². The maximum Gasteiger partial charge on any atom is 0.223 e. The lowest BCUT2D eigenvalue weighted by atomic mass is 9.95. The minimum absolute atomic E-state index is 0.0987. The molecule has 0 saturated heterocycles. The minimum atomic E-state index is -0.0987. The van der Waals surface area contributed by atoms with Crippen LogP contribution >= 0.6 is 11.3 Å². The molecule has 2 N–H and O–H groups in total. The van der Waals surface area contributed by atoms with Gasteiger partial charge in [-0.1, -0.05) is 25.2 Å². The van der Waals surface area contributed by atoms with Crippen LogP contribution in [0.5, 0.6) is 0 Å². The van der Waals surface area contributed by atoms with Crippen molar-refractivity contribution in [2.45, 2.75) is 40.2 Å². The van der Waals surface area contributed by atoms with Crippen molar-refractivity contribution in [1.82, 2.24) is 19.7 Å². The van der Waals surface area contributed by atoms with Crippen molar-refractivity contribution in [1.29, 1.82) is 0 Å². The van der Waals surface area contributed by atoms with E-state index in [0.29, 0.717) is 11.0 Å². The number of thiazole rings is 1. The highest BCUT2D eigenvalue weighted by atomic mass is 32.1. The fraction of sp³-hybridized carbons (Fsp3) is 0.400. The van der Waals surface area contributed by atoms with E-state index in [4.69, 9.17) is 5.10 Å². The van der Waals surface area contributed by atoms with Gasteiger partial charge in [-0.2, -0.15) is 5.10 Å². The lowest BCUT2D eigenvalue weighted by molar-refractivity contribution is -0.114. The van der Waals surface area contributed by atoms with Crippen molar-refractivity contribution in [3.8, 4) is 21.8 Å². The predicted molar refractivity (Wildman–Crippen MR) is 113 cm³/mol. The summed E-state index contributed by atoms with van der Waals surface area (Å²) in [7, 11) is 1.86. The number of pyridine rings is 1. The van der Waals surface area contributed by atoms with Crippen LogP contribution in [0.1, 0.15) is 32.0 Å². The van der Waals surface area contributed by atoms with E-state index in [-0.39, 0.29) is 5.91 Å². The van der Waals surface area contributed by atoms with Crippen molar-refractivity contribution < 1.29 is 4.79 Å². The molecule has 0 radical (unpaired) electrons. The molecule has 7 nitrogen and oxygen atoms in total. The molecule has 146 valence electrons. The van der Waals surface area contributed by atoms with E-state index in [9.17, 15) is 4.79 Å². The van der Waals surface area contributed by atoms with E-state index in [1.165, 1.54) is 23.8 Å². The third-order valence-corrected chi connectivity index (χ3v) is 5.71. The highest BCUT2D eigenvalue weighted by Gasteiger charge is 2.29. The number of carbonyl (C=O) groups excluding carboxylic acids is 1. The first-order valence-electron chi connectivity index (χ1n) is 9.47. The summed E-state index contributed by atoms with van der Waals surface area (Å²) in [6.07, 6.45) is 3.60. The third kappa shape index (κ3) is 3.40. The number of aromatic nitrogens is 4. The second kappa shape index (κ2) is 7.35. The summed E-state index contributed by atoms with van der Waals surface area (Å²) >= 11 is 1.53. The average molecular weight is 397 g/mol. The van der Waals surface area contributed by atoms with Crippen molar-refractivity contribution in [3.05, 3.63) is 29.6 Å². The summed E-state index contributed by atoms with van der Waals surface area (Å²) in [6.45, 7) is 6.72. The quantitative estimate of drug-likeness (QED) is 0.685. The van der Waals surface area contributed by atoms with E-state index >= 15 is 0 Å². The van der Waals surface area contributed by atoms with Crippen LogP contribution in [0.4, 0.5) is 10.9 Å². The summed E-state index contributed by atoms with van der Waals surface area (Å²) in [5.41, 5.74) is 5.43. The summed E-state index contributed by atoms with van der Waals surface area (Å²) in [5, 5.41) is 11.5. The van der Waals surface area contributed by atoms with E-state index in [0.717, 1.165) is 52.7 Å². The summed E-state index contributed by atoms with van der Waals surface area (Å²) in [6, 6.07) is 4.03. The number of rotatable bonds is 5. The molecule has 1 amide bonds. The molecule has 0 spiro atoms. The number of hydrogen-bond acceptors (Lipinski definition) is 6. The van der Waals surface area contributed by atoms with E-state index < -0.39 is 0 Å². The Hall–Kier alpha value is -2.74. The molecule has 3 aromatic rings. The molecule has 1 aliphatic rings. The Kier molecular flexibility index (Phi) is 4.89. The van der Waals surface area contributed by atoms with Crippen LogP contribution in [0.2, 0.25) is 0 Å². The Morgan fingerprint density at radius 1 is 1.32 bits per heavy atom. The van der Waals surface area contributed by atoms with Crippen LogP contribution in [0.3, 0.4) is 0 Å². The van der Waals surface area contributed by atoms with Gasteiger partial charge in [-0.15, -0.1) is 0 Å². The van der Waals surface area contributed by atoms with Crippen molar-refractivity contribution in [3.63, 3.8) is 0 Å². The van der Waals surface area contributed by atoms with Crippen LogP contribution in [0.15, 0.2) is 18.3 Å². The van der Waals surface area contributed by atoms with Gasteiger partial charge >= 0.3 is 0 Å². The van der Waals surface area contributed by atoms with Crippen LogP contribution in [-0.4, -0.2) is 32.7 Å². The normalized spacial score (nSPS) is 12.6. The van der Waals surface area contributed by atoms with Gasteiger partial charge in [0.15, 0.2) is 5.13 Å². The molecule has 0 aromatic carbocycles. The highest BCUT2D eigenvalue weighted by Crippen LogP contribution is 2.43. The number of hydrogen-bond donors (Lipinski definition) is 2. The SMILES string of the molecule is CNc1ccc(-c2nn(CC(C)C)c3c2CCc2nc(NC(C)=O)sc2-3)cn1. The van der Waals surface area contributed by atoms with Gasteiger partial charge < -0.3 is 10.6 Å². The van der Waals surface area contributed by atoms with Gasteiger partial charge in [0, 0.05) is 37.8 Å². The van der Waals surface area contributed by atoms with E-state index in [2.05, 4.69) is 45.2 Å². The molecule has 8 heteroatoms. The maximum atomic E-state index is 11.5. The van der Waals surface area contributed by atoms with Crippen molar-refractivity contribution in [2.75, 3.05) is 17.7 Å². The third-order valence-electron chi connectivity index (χ3n) is 4.69. The van der Waals surface area contributed by atoms with Gasteiger partial charge in [-0.3, -0.25) is 9.48 Å². The molecule has 0 fully saturated rings. The Labute approximate surface area is 168 Å². The Bertz CT molecular complexity index is 1020. The zero-order valence-corrected chi connectivity index (χ0v) is 17.4.